The average Bonchev–Trinajstić information content (AvgIpc) is 2.46. The normalized spacial score (nSPS) is 18.9. The Morgan fingerprint density at radius 3 is 2.95 bits per heavy atom. The molecule has 0 saturated carbocycles. The van der Waals surface area contributed by atoms with Gasteiger partial charge in [0.15, 0.2) is 0 Å². The van der Waals surface area contributed by atoms with Crippen LogP contribution in [0.2, 0.25) is 0 Å². The van der Waals surface area contributed by atoms with E-state index in [-0.39, 0.29) is 28.9 Å². The van der Waals surface area contributed by atoms with Gasteiger partial charge >= 0.3 is 0 Å². The second-order valence-corrected chi connectivity index (χ2v) is 4.75. The van der Waals surface area contributed by atoms with Crippen LogP contribution in [0.1, 0.15) is 23.2 Å². The molecular weight excluding hydrogens is 262 g/mol. The molecule has 20 heavy (non-hydrogen) atoms. The fraction of sp³-hybridized carbons (Fsp3) is 0.462. The van der Waals surface area contributed by atoms with E-state index in [1.165, 1.54) is 18.2 Å². The summed E-state index contributed by atoms with van der Waals surface area (Å²) in [7, 11) is 1.61. The number of likely N-dealkylation sites (tertiary alicyclic amines) is 1. The Kier molecular flexibility index (Phi) is 4.19. The van der Waals surface area contributed by atoms with E-state index in [4.69, 9.17) is 10.5 Å². The number of nitro groups is 1. The molecule has 1 saturated heterocycles. The van der Waals surface area contributed by atoms with E-state index in [0.717, 1.165) is 12.8 Å². The summed E-state index contributed by atoms with van der Waals surface area (Å²) in [5, 5.41) is 10.9. The van der Waals surface area contributed by atoms with Crippen LogP contribution in [-0.2, 0) is 4.74 Å². The van der Waals surface area contributed by atoms with Crippen molar-refractivity contribution in [3.8, 4) is 0 Å². The van der Waals surface area contributed by atoms with Gasteiger partial charge in [-0.15, -0.1) is 0 Å². The van der Waals surface area contributed by atoms with Gasteiger partial charge in [-0.2, -0.15) is 0 Å². The van der Waals surface area contributed by atoms with Crippen LogP contribution in [-0.4, -0.2) is 42.0 Å². The third kappa shape index (κ3) is 2.72. The summed E-state index contributed by atoms with van der Waals surface area (Å²) < 4.78 is 5.27. The Morgan fingerprint density at radius 2 is 2.30 bits per heavy atom. The third-order valence-corrected chi connectivity index (χ3v) is 3.51. The summed E-state index contributed by atoms with van der Waals surface area (Å²) in [6.45, 7) is 1.10. The summed E-state index contributed by atoms with van der Waals surface area (Å²) in [6, 6.07) is 4.28. The molecule has 0 aromatic heterocycles. The van der Waals surface area contributed by atoms with Crippen molar-refractivity contribution in [1.82, 2.24) is 4.90 Å². The molecule has 1 aromatic rings. The van der Waals surface area contributed by atoms with Gasteiger partial charge in [0, 0.05) is 26.3 Å². The molecule has 0 aliphatic carbocycles. The topological polar surface area (TPSA) is 98.7 Å². The average molecular weight is 279 g/mol. The number of benzene rings is 1. The van der Waals surface area contributed by atoms with Crippen LogP contribution < -0.4 is 5.73 Å². The highest BCUT2D eigenvalue weighted by molar-refractivity contribution is 6.01. The summed E-state index contributed by atoms with van der Waals surface area (Å²) in [4.78, 5) is 24.3. The van der Waals surface area contributed by atoms with Crippen LogP contribution in [0.5, 0.6) is 0 Å². The van der Waals surface area contributed by atoms with Gasteiger partial charge in [-0.25, -0.2) is 0 Å². The maximum atomic E-state index is 12.4. The molecule has 1 fully saturated rings. The van der Waals surface area contributed by atoms with E-state index < -0.39 is 4.92 Å². The molecule has 0 bridgehead atoms. The standard InChI is InChI=1S/C13H17N3O4/c1-20-9-4-3-7-15(8-9)13(17)10-5-2-6-11(12(10)14)16(18)19/h2,5-6,9H,3-4,7-8,14H2,1H3. The van der Waals surface area contributed by atoms with Crippen molar-refractivity contribution in [3.05, 3.63) is 33.9 Å². The lowest BCUT2D eigenvalue weighted by Gasteiger charge is -2.32. The fourth-order valence-electron chi connectivity index (χ4n) is 2.38. The zero-order valence-corrected chi connectivity index (χ0v) is 11.2. The highest BCUT2D eigenvalue weighted by Crippen LogP contribution is 2.26. The molecule has 0 spiro atoms. The van der Waals surface area contributed by atoms with Gasteiger partial charge in [0.2, 0.25) is 0 Å². The Labute approximate surface area is 116 Å². The molecule has 1 unspecified atom stereocenters. The van der Waals surface area contributed by atoms with Crippen LogP contribution in [0, 0.1) is 10.1 Å². The van der Waals surface area contributed by atoms with Crippen LogP contribution in [0.25, 0.3) is 0 Å². The van der Waals surface area contributed by atoms with Crippen molar-refractivity contribution in [1.29, 1.82) is 0 Å². The molecule has 1 heterocycles. The summed E-state index contributed by atoms with van der Waals surface area (Å²) in [5.41, 5.74) is 5.59. The third-order valence-electron chi connectivity index (χ3n) is 3.51. The number of amides is 1. The van der Waals surface area contributed by atoms with Crippen molar-refractivity contribution in [2.45, 2.75) is 18.9 Å². The summed E-state index contributed by atoms with van der Waals surface area (Å²) in [6.07, 6.45) is 1.76. The second kappa shape index (κ2) is 5.87. The number of carbonyl (C=O) groups excluding carboxylic acids is 1. The lowest BCUT2D eigenvalue weighted by Crippen LogP contribution is -2.43. The first-order valence-corrected chi connectivity index (χ1v) is 6.39. The first-order valence-electron chi connectivity index (χ1n) is 6.39. The minimum absolute atomic E-state index is 0.00706. The molecule has 1 amide bonds. The lowest BCUT2D eigenvalue weighted by molar-refractivity contribution is -0.383. The zero-order valence-electron chi connectivity index (χ0n) is 11.2. The summed E-state index contributed by atoms with van der Waals surface area (Å²) >= 11 is 0. The van der Waals surface area contributed by atoms with Crippen molar-refractivity contribution in [3.63, 3.8) is 0 Å². The molecule has 7 heteroatoms. The molecule has 2 N–H and O–H groups in total. The molecule has 1 atom stereocenters. The van der Waals surface area contributed by atoms with E-state index in [1.54, 1.807) is 12.0 Å². The number of nitro benzene ring substituents is 1. The molecular formula is C13H17N3O4. The minimum Gasteiger partial charge on any atom is -0.393 e. The number of nitrogen functional groups attached to an aromatic ring is 1. The van der Waals surface area contributed by atoms with Crippen LogP contribution in [0.15, 0.2) is 18.2 Å². The molecule has 2 rings (SSSR count). The fourth-order valence-corrected chi connectivity index (χ4v) is 2.38. The van der Waals surface area contributed by atoms with E-state index in [1.807, 2.05) is 0 Å². The number of anilines is 1. The van der Waals surface area contributed by atoms with Gasteiger partial charge in [-0.05, 0) is 18.9 Å². The number of hydrogen-bond donors (Lipinski definition) is 1. The van der Waals surface area contributed by atoms with Gasteiger partial charge in [0.1, 0.15) is 5.69 Å². The Bertz CT molecular complexity index is 532. The van der Waals surface area contributed by atoms with Crippen LogP contribution >= 0.6 is 0 Å². The van der Waals surface area contributed by atoms with Gasteiger partial charge in [0.25, 0.3) is 11.6 Å². The number of rotatable bonds is 3. The number of nitrogens with two attached hydrogens (primary N) is 1. The number of hydrogen-bond acceptors (Lipinski definition) is 5. The maximum absolute atomic E-state index is 12.4. The van der Waals surface area contributed by atoms with Crippen molar-refractivity contribution < 1.29 is 14.5 Å². The number of piperidine rings is 1. The monoisotopic (exact) mass is 279 g/mol. The first-order chi connectivity index (χ1) is 9.54. The van der Waals surface area contributed by atoms with Crippen molar-refractivity contribution >= 4 is 17.3 Å². The van der Waals surface area contributed by atoms with Gasteiger partial charge in [-0.3, -0.25) is 14.9 Å². The van der Waals surface area contributed by atoms with Crippen LogP contribution in [0.3, 0.4) is 0 Å². The zero-order chi connectivity index (χ0) is 14.7. The summed E-state index contributed by atoms with van der Waals surface area (Å²) in [5.74, 6) is -0.284. The van der Waals surface area contributed by atoms with E-state index in [0.29, 0.717) is 13.1 Å². The Balaban J connectivity index is 2.25. The van der Waals surface area contributed by atoms with E-state index in [9.17, 15) is 14.9 Å². The lowest BCUT2D eigenvalue weighted by atomic mass is 10.1. The molecule has 1 aromatic carbocycles. The predicted octanol–water partition coefficient (Wildman–Crippen LogP) is 1.43. The predicted molar refractivity (Wildman–Crippen MR) is 73.4 cm³/mol. The number of carbonyl (C=O) groups is 1. The second-order valence-electron chi connectivity index (χ2n) is 4.75. The molecule has 1 aliphatic heterocycles. The van der Waals surface area contributed by atoms with Gasteiger partial charge in [0.05, 0.1) is 16.6 Å². The highest BCUT2D eigenvalue weighted by atomic mass is 16.6. The van der Waals surface area contributed by atoms with E-state index in [2.05, 4.69) is 0 Å². The Morgan fingerprint density at radius 1 is 1.55 bits per heavy atom. The highest BCUT2D eigenvalue weighted by Gasteiger charge is 2.27. The number of methoxy groups -OCH3 is 1. The largest absolute Gasteiger partial charge is 0.393 e. The molecule has 1 aliphatic rings. The van der Waals surface area contributed by atoms with Crippen LogP contribution in [0.4, 0.5) is 11.4 Å². The molecule has 108 valence electrons. The van der Waals surface area contributed by atoms with Crippen molar-refractivity contribution in [2.24, 2.45) is 0 Å². The van der Waals surface area contributed by atoms with Gasteiger partial charge in [-0.1, -0.05) is 6.07 Å². The van der Waals surface area contributed by atoms with E-state index >= 15 is 0 Å². The number of nitrogens with zero attached hydrogens (tertiary/aromatic N) is 2. The molecule has 7 nitrogen and oxygen atoms in total. The first kappa shape index (κ1) is 14.3. The number of ether oxygens (including phenoxy) is 1. The maximum Gasteiger partial charge on any atom is 0.292 e. The minimum atomic E-state index is -0.583. The van der Waals surface area contributed by atoms with Gasteiger partial charge < -0.3 is 15.4 Å². The number of para-hydroxylation sites is 1. The molecule has 0 radical (unpaired) electrons. The quantitative estimate of drug-likeness (QED) is 0.512. The smallest absolute Gasteiger partial charge is 0.292 e. The van der Waals surface area contributed by atoms with Crippen molar-refractivity contribution in [2.75, 3.05) is 25.9 Å². The Hall–Kier alpha value is -2.15. The SMILES string of the molecule is COC1CCCN(C(=O)c2cccc([N+](=O)[O-])c2N)C1.